The molecule has 6 rings (SSSR count). The van der Waals surface area contributed by atoms with Crippen LogP contribution in [-0.2, 0) is 37.4 Å². The number of carbonyl (C=O) groups is 1. The molecule has 0 aliphatic carbocycles. The molecule has 6 aromatic rings. The van der Waals surface area contributed by atoms with E-state index < -0.39 is 21.1 Å². The van der Waals surface area contributed by atoms with Gasteiger partial charge in [-0.25, -0.2) is 9.97 Å². The summed E-state index contributed by atoms with van der Waals surface area (Å²) in [5, 5.41) is 23.2. The Hall–Kier alpha value is -7.29. The summed E-state index contributed by atoms with van der Waals surface area (Å²) in [7, 11) is -2.94. The molecule has 0 amide bonds. The van der Waals surface area contributed by atoms with E-state index in [1.54, 1.807) is 73.7 Å². The van der Waals surface area contributed by atoms with Gasteiger partial charge in [-0.1, -0.05) is 42.5 Å². The second kappa shape index (κ2) is 17.0. The van der Waals surface area contributed by atoms with E-state index in [-0.39, 0.29) is 66.1 Å². The molecule has 0 radical (unpaired) electrons. The fraction of sp³-hybridized carbons (Fsp3) is 0.176. The Kier molecular flexibility index (Phi) is 11.6. The predicted molar refractivity (Wildman–Crippen MR) is 190 cm³/mol. The lowest BCUT2D eigenvalue weighted by Crippen LogP contribution is -2.18. The molecular formula is C34H30N10O10S. The van der Waals surface area contributed by atoms with Gasteiger partial charge in [0.25, 0.3) is 21.0 Å². The molecule has 4 heterocycles. The molecule has 0 saturated carbocycles. The van der Waals surface area contributed by atoms with Crippen molar-refractivity contribution in [1.29, 1.82) is 0 Å². The smallest absolute Gasteiger partial charge is 0.310 e. The van der Waals surface area contributed by atoms with Crippen LogP contribution < -0.4 is 18.9 Å². The number of carbonyl (C=O) groups excluding carboxylic acids is 1. The van der Waals surface area contributed by atoms with E-state index in [0.29, 0.717) is 28.1 Å². The molecule has 0 saturated heterocycles. The molecule has 0 aliphatic heterocycles. The van der Waals surface area contributed by atoms with Gasteiger partial charge in [0.1, 0.15) is 25.5 Å². The van der Waals surface area contributed by atoms with Crippen LogP contribution in [0.2, 0.25) is 0 Å². The van der Waals surface area contributed by atoms with Crippen molar-refractivity contribution in [3.05, 3.63) is 112 Å². The Morgan fingerprint density at radius 3 is 2.51 bits per heavy atom. The Morgan fingerprint density at radius 2 is 1.76 bits per heavy atom. The summed E-state index contributed by atoms with van der Waals surface area (Å²) in [5.74, 6) is -0.816. The van der Waals surface area contributed by atoms with Crippen LogP contribution in [0.3, 0.4) is 0 Å². The minimum atomic E-state index is -4.37. The van der Waals surface area contributed by atoms with Gasteiger partial charge in [-0.3, -0.25) is 14.5 Å². The minimum Gasteiger partial charge on any atom is -0.493 e. The van der Waals surface area contributed by atoms with Crippen molar-refractivity contribution in [3.8, 4) is 46.0 Å². The van der Waals surface area contributed by atoms with Crippen molar-refractivity contribution < 1.29 is 42.1 Å². The normalized spacial score (nSPS) is 11.0. The van der Waals surface area contributed by atoms with Crippen molar-refractivity contribution in [2.24, 2.45) is 0 Å². The number of H-pyrrole nitrogens is 1. The van der Waals surface area contributed by atoms with E-state index in [1.807, 2.05) is 0 Å². The SMILES string of the molecule is COc1ccccc1Oc1c(NS(=O)(=O)c2ccc(C)cn2)nc(-c2ccnc(-c3nn[nH]n3)c2)nc1OCCOC(=O)Cc1cccc(CO[N+](=O)[O-])c1. The number of ether oxygens (including phenoxy) is 4. The number of pyridine rings is 2. The lowest BCUT2D eigenvalue weighted by Gasteiger charge is -2.18. The van der Waals surface area contributed by atoms with Crippen LogP contribution in [0, 0.1) is 17.0 Å². The second-order valence-corrected chi connectivity index (χ2v) is 12.9. The molecule has 55 heavy (non-hydrogen) atoms. The number of methoxy groups -OCH3 is 1. The van der Waals surface area contributed by atoms with Gasteiger partial charge in [-0.15, -0.1) is 20.3 Å². The number of anilines is 1. The van der Waals surface area contributed by atoms with Crippen molar-refractivity contribution in [2.75, 3.05) is 25.0 Å². The first kappa shape index (κ1) is 37.5. The van der Waals surface area contributed by atoms with E-state index in [4.69, 9.17) is 18.9 Å². The van der Waals surface area contributed by atoms with Crippen LogP contribution >= 0.6 is 0 Å². The number of hydrogen-bond acceptors (Lipinski definition) is 17. The zero-order valence-electron chi connectivity index (χ0n) is 29.0. The van der Waals surface area contributed by atoms with E-state index in [0.717, 1.165) is 5.56 Å². The largest absolute Gasteiger partial charge is 0.493 e. The molecule has 0 spiro atoms. The second-order valence-electron chi connectivity index (χ2n) is 11.3. The molecule has 0 fully saturated rings. The van der Waals surface area contributed by atoms with Gasteiger partial charge in [-0.05, 0) is 59.2 Å². The van der Waals surface area contributed by atoms with E-state index in [1.165, 1.54) is 25.6 Å². The highest BCUT2D eigenvalue weighted by Gasteiger charge is 2.26. The first-order chi connectivity index (χ1) is 26.6. The first-order valence-corrected chi connectivity index (χ1v) is 17.6. The minimum absolute atomic E-state index is 0.0259. The van der Waals surface area contributed by atoms with Crippen LogP contribution in [0.15, 0.2) is 90.2 Å². The summed E-state index contributed by atoms with van der Waals surface area (Å²) >= 11 is 0. The number of aromatic nitrogens is 8. The summed E-state index contributed by atoms with van der Waals surface area (Å²) < 4.78 is 52.9. The monoisotopic (exact) mass is 770 g/mol. The number of tetrazole rings is 1. The lowest BCUT2D eigenvalue weighted by atomic mass is 10.1. The fourth-order valence-electron chi connectivity index (χ4n) is 4.85. The molecule has 4 aromatic heterocycles. The Balaban J connectivity index is 1.33. The quantitative estimate of drug-likeness (QED) is 0.0577. The summed E-state index contributed by atoms with van der Waals surface area (Å²) in [5.41, 5.74) is 2.44. The van der Waals surface area contributed by atoms with Gasteiger partial charge >= 0.3 is 5.97 Å². The molecule has 2 aromatic carbocycles. The van der Waals surface area contributed by atoms with Gasteiger partial charge in [0, 0.05) is 18.0 Å². The maximum absolute atomic E-state index is 13.7. The molecule has 2 N–H and O–H groups in total. The van der Waals surface area contributed by atoms with E-state index >= 15 is 0 Å². The van der Waals surface area contributed by atoms with Crippen LogP contribution in [0.4, 0.5) is 5.82 Å². The number of nitrogens with zero attached hydrogens (tertiary/aromatic N) is 8. The zero-order valence-corrected chi connectivity index (χ0v) is 29.8. The van der Waals surface area contributed by atoms with Crippen molar-refractivity contribution in [2.45, 2.75) is 25.0 Å². The van der Waals surface area contributed by atoms with E-state index in [2.05, 4.69) is 50.1 Å². The number of rotatable bonds is 17. The Morgan fingerprint density at radius 1 is 0.945 bits per heavy atom. The van der Waals surface area contributed by atoms with Crippen LogP contribution in [0.1, 0.15) is 16.7 Å². The number of esters is 1. The maximum atomic E-state index is 13.7. The van der Waals surface area contributed by atoms with Crippen LogP contribution in [-0.4, -0.2) is 80.4 Å². The predicted octanol–water partition coefficient (Wildman–Crippen LogP) is 3.90. The average Bonchev–Trinajstić information content (AvgIpc) is 3.73. The Labute approximate surface area is 312 Å². The van der Waals surface area contributed by atoms with Gasteiger partial charge in [0.15, 0.2) is 28.2 Å². The maximum Gasteiger partial charge on any atom is 0.310 e. The van der Waals surface area contributed by atoms with Gasteiger partial charge < -0.3 is 23.8 Å². The number of aryl methyl sites for hydroxylation is 1. The van der Waals surface area contributed by atoms with E-state index in [9.17, 15) is 23.3 Å². The molecule has 0 unspecified atom stereocenters. The summed E-state index contributed by atoms with van der Waals surface area (Å²) in [6.45, 7) is 0.960. The molecular weight excluding hydrogens is 741 g/mol. The molecule has 20 nitrogen and oxygen atoms in total. The lowest BCUT2D eigenvalue weighted by molar-refractivity contribution is -0.763. The number of sulfonamides is 1. The topological polar surface area (TPSA) is 259 Å². The Bertz CT molecular complexity index is 2400. The molecule has 0 atom stereocenters. The number of hydrogen-bond donors (Lipinski definition) is 2. The third kappa shape index (κ3) is 9.78. The highest BCUT2D eigenvalue weighted by Crippen LogP contribution is 2.41. The molecule has 282 valence electrons. The zero-order chi connectivity index (χ0) is 38.8. The molecule has 0 aliphatic rings. The summed E-state index contributed by atoms with van der Waals surface area (Å²) in [6.07, 6.45) is 2.71. The highest BCUT2D eigenvalue weighted by molar-refractivity contribution is 7.92. The van der Waals surface area contributed by atoms with Crippen molar-refractivity contribution in [1.82, 2.24) is 40.6 Å². The fourth-order valence-corrected chi connectivity index (χ4v) is 5.79. The average molecular weight is 771 g/mol. The summed E-state index contributed by atoms with van der Waals surface area (Å²) in [4.78, 5) is 45.1. The van der Waals surface area contributed by atoms with Gasteiger partial charge in [0.2, 0.25) is 11.6 Å². The number of para-hydroxylation sites is 2. The molecule has 0 bridgehead atoms. The van der Waals surface area contributed by atoms with Crippen molar-refractivity contribution in [3.63, 3.8) is 0 Å². The highest BCUT2D eigenvalue weighted by atomic mass is 32.2. The third-order valence-electron chi connectivity index (χ3n) is 7.36. The number of benzene rings is 2. The number of aromatic amines is 1. The van der Waals surface area contributed by atoms with Crippen molar-refractivity contribution >= 4 is 21.8 Å². The van der Waals surface area contributed by atoms with Crippen LogP contribution in [0.25, 0.3) is 22.9 Å². The molecule has 21 heteroatoms. The third-order valence-corrected chi connectivity index (χ3v) is 8.61. The summed E-state index contributed by atoms with van der Waals surface area (Å²) in [6, 6.07) is 19.2. The van der Waals surface area contributed by atoms with Gasteiger partial charge in [-0.2, -0.15) is 18.6 Å². The number of nitrogens with one attached hydrogen (secondary N) is 2. The van der Waals surface area contributed by atoms with Gasteiger partial charge in [0.05, 0.1) is 13.5 Å². The first-order valence-electron chi connectivity index (χ1n) is 16.1. The van der Waals surface area contributed by atoms with Crippen LogP contribution in [0.5, 0.6) is 23.1 Å². The standard InChI is InChI=1S/C34H30N10O10S/c1-21-10-11-28(36-19-21)55(48,49)41-33-30(54-27-9-4-3-8-26(27)50-2)34(38-31(37-33)24-12-13-35-25(18-24)32-39-42-43-40-32)52-15-14-51-29(45)17-22-6-5-7-23(16-22)20-53-44(46)47/h3-13,16,18-19H,14-15,17,20H2,1-2H3,(H,37,38,41)(H,39,40,42,43).